The molecule has 4 rings (SSSR count). The number of hydrogen-bond donors (Lipinski definition) is 1. The molecule has 3 heterocycles. The largest absolute Gasteiger partial charge is 0.338 e. The molecule has 2 aromatic heterocycles. The molecule has 0 aliphatic carbocycles. The molecule has 128 valence electrons. The molecule has 25 heavy (non-hydrogen) atoms. The van der Waals surface area contributed by atoms with Gasteiger partial charge < -0.3 is 14.8 Å². The van der Waals surface area contributed by atoms with Crippen LogP contribution in [0.5, 0.6) is 0 Å². The Morgan fingerprint density at radius 2 is 2.08 bits per heavy atom. The van der Waals surface area contributed by atoms with Gasteiger partial charge >= 0.3 is 6.03 Å². The molecule has 5 heteroatoms. The van der Waals surface area contributed by atoms with Gasteiger partial charge in [0.1, 0.15) is 6.04 Å². The van der Waals surface area contributed by atoms with Crippen LogP contribution in [0.4, 0.5) is 4.79 Å². The number of rotatable bonds is 3. The van der Waals surface area contributed by atoms with E-state index in [1.54, 1.807) is 11.3 Å². The van der Waals surface area contributed by atoms with Crippen molar-refractivity contribution in [3.05, 3.63) is 76.2 Å². The van der Waals surface area contributed by atoms with E-state index >= 15 is 0 Å². The average Bonchev–Trinajstić information content (AvgIpc) is 3.30. The molecule has 0 bridgehead atoms. The Labute approximate surface area is 151 Å². The van der Waals surface area contributed by atoms with Crippen LogP contribution < -0.4 is 5.32 Å². The molecule has 0 spiro atoms. The molecular weight excluding hydrogens is 330 g/mol. The highest BCUT2D eigenvalue weighted by Crippen LogP contribution is 2.38. The molecule has 1 aliphatic rings. The van der Waals surface area contributed by atoms with Gasteiger partial charge in [0.2, 0.25) is 0 Å². The summed E-state index contributed by atoms with van der Waals surface area (Å²) < 4.78 is 2.22. The molecule has 1 N–H and O–H groups in total. The first kappa shape index (κ1) is 16.0. The van der Waals surface area contributed by atoms with Crippen molar-refractivity contribution in [1.29, 1.82) is 0 Å². The number of nitrogens with zero attached hydrogens (tertiary/aromatic N) is 2. The number of para-hydroxylation sites is 1. The lowest BCUT2D eigenvalue weighted by atomic mass is 10.1. The monoisotopic (exact) mass is 351 g/mol. The smallest absolute Gasteiger partial charge is 0.318 e. The summed E-state index contributed by atoms with van der Waals surface area (Å²) in [4.78, 5) is 16.1. The van der Waals surface area contributed by atoms with Gasteiger partial charge in [0.25, 0.3) is 0 Å². The van der Waals surface area contributed by atoms with Crippen LogP contribution in [-0.2, 0) is 6.54 Å². The maximum Gasteiger partial charge on any atom is 0.318 e. The van der Waals surface area contributed by atoms with E-state index in [1.165, 1.54) is 4.88 Å². The third kappa shape index (κ3) is 2.85. The van der Waals surface area contributed by atoms with Gasteiger partial charge in [-0.15, -0.1) is 11.3 Å². The van der Waals surface area contributed by atoms with Crippen LogP contribution in [0.3, 0.4) is 0 Å². The Morgan fingerprint density at radius 3 is 2.88 bits per heavy atom. The van der Waals surface area contributed by atoms with Crippen molar-refractivity contribution in [1.82, 2.24) is 14.8 Å². The van der Waals surface area contributed by atoms with Crippen LogP contribution in [-0.4, -0.2) is 22.0 Å². The van der Waals surface area contributed by atoms with E-state index < -0.39 is 0 Å². The van der Waals surface area contributed by atoms with Crippen molar-refractivity contribution in [2.75, 3.05) is 6.54 Å². The van der Waals surface area contributed by atoms with Gasteiger partial charge in [-0.05, 0) is 41.6 Å². The molecule has 3 aromatic rings. The fourth-order valence-electron chi connectivity index (χ4n) is 3.42. The number of fused-ring (bicyclic) bond motifs is 3. The second kappa shape index (κ2) is 6.76. The Balaban J connectivity index is 1.86. The number of carbonyl (C=O) groups excluding carboxylic acids is 1. The molecule has 0 radical (unpaired) electrons. The summed E-state index contributed by atoms with van der Waals surface area (Å²) in [6.45, 7) is 3.35. The van der Waals surface area contributed by atoms with E-state index in [4.69, 9.17) is 0 Å². The van der Waals surface area contributed by atoms with Gasteiger partial charge in [-0.2, -0.15) is 0 Å². The number of amides is 2. The number of aromatic nitrogens is 1. The highest BCUT2D eigenvalue weighted by molar-refractivity contribution is 7.10. The third-order valence-corrected chi connectivity index (χ3v) is 5.49. The lowest BCUT2D eigenvalue weighted by Gasteiger charge is -2.30. The SMILES string of the molecule is CCCNC(=O)N1Cc2ccccc2-n2cccc2[C@@H]1c1cccs1. The summed E-state index contributed by atoms with van der Waals surface area (Å²) in [5, 5.41) is 5.13. The van der Waals surface area contributed by atoms with E-state index in [0.717, 1.165) is 23.4 Å². The molecule has 4 nitrogen and oxygen atoms in total. The molecule has 2 amide bonds. The van der Waals surface area contributed by atoms with Crippen molar-refractivity contribution >= 4 is 17.4 Å². The second-order valence-electron chi connectivity index (χ2n) is 6.21. The maximum absolute atomic E-state index is 13.0. The fraction of sp³-hybridized carbons (Fsp3) is 0.250. The topological polar surface area (TPSA) is 37.3 Å². The van der Waals surface area contributed by atoms with Crippen molar-refractivity contribution in [2.24, 2.45) is 0 Å². The Kier molecular flexibility index (Phi) is 4.32. The normalized spacial score (nSPS) is 16.0. The zero-order chi connectivity index (χ0) is 17.2. The highest BCUT2D eigenvalue weighted by atomic mass is 32.1. The van der Waals surface area contributed by atoms with Crippen molar-refractivity contribution in [3.63, 3.8) is 0 Å². The molecule has 0 saturated heterocycles. The van der Waals surface area contributed by atoms with Gasteiger partial charge in [-0.1, -0.05) is 31.2 Å². The lowest BCUT2D eigenvalue weighted by molar-refractivity contribution is 0.181. The number of thiophene rings is 1. The zero-order valence-corrected chi connectivity index (χ0v) is 15.0. The van der Waals surface area contributed by atoms with Gasteiger partial charge in [0.15, 0.2) is 0 Å². The summed E-state index contributed by atoms with van der Waals surface area (Å²) in [7, 11) is 0. The standard InChI is InChI=1S/C20H21N3OS/c1-2-11-21-20(24)23-14-15-7-3-4-8-16(15)22-12-5-9-17(22)19(23)18-10-6-13-25-18/h3-10,12-13,19H,2,11,14H2,1H3,(H,21,24)/t19-/m1/s1. The van der Waals surface area contributed by atoms with Crippen molar-refractivity contribution in [2.45, 2.75) is 25.9 Å². The number of hydrogen-bond acceptors (Lipinski definition) is 2. The number of carbonyl (C=O) groups is 1. The van der Waals surface area contributed by atoms with Crippen molar-refractivity contribution < 1.29 is 4.79 Å². The van der Waals surface area contributed by atoms with E-state index in [-0.39, 0.29) is 12.1 Å². The van der Waals surface area contributed by atoms with E-state index in [1.807, 2.05) is 17.0 Å². The summed E-state index contributed by atoms with van der Waals surface area (Å²) in [6.07, 6.45) is 3.01. The predicted octanol–water partition coefficient (Wildman–Crippen LogP) is 4.56. The Morgan fingerprint density at radius 1 is 1.20 bits per heavy atom. The minimum absolute atomic E-state index is 0.00953. The molecule has 1 aliphatic heterocycles. The minimum atomic E-state index is -0.0840. The fourth-order valence-corrected chi connectivity index (χ4v) is 4.27. The molecule has 0 fully saturated rings. The predicted molar refractivity (Wildman–Crippen MR) is 101 cm³/mol. The summed E-state index contributed by atoms with van der Waals surface area (Å²) in [6, 6.07) is 16.6. The van der Waals surface area contributed by atoms with Crippen LogP contribution in [0.15, 0.2) is 60.1 Å². The number of nitrogens with one attached hydrogen (secondary N) is 1. The van der Waals surface area contributed by atoms with Crippen molar-refractivity contribution in [3.8, 4) is 5.69 Å². The molecule has 0 unspecified atom stereocenters. The summed E-state index contributed by atoms with van der Waals surface area (Å²) in [5.41, 5.74) is 3.43. The summed E-state index contributed by atoms with van der Waals surface area (Å²) in [5.74, 6) is 0. The first-order valence-electron chi connectivity index (χ1n) is 8.63. The van der Waals surface area contributed by atoms with Crippen LogP contribution in [0, 0.1) is 0 Å². The first-order valence-corrected chi connectivity index (χ1v) is 9.51. The highest BCUT2D eigenvalue weighted by Gasteiger charge is 2.33. The molecule has 0 saturated carbocycles. The lowest BCUT2D eigenvalue weighted by Crippen LogP contribution is -2.42. The van der Waals surface area contributed by atoms with Crippen LogP contribution in [0.2, 0.25) is 0 Å². The first-order chi connectivity index (χ1) is 12.3. The maximum atomic E-state index is 13.0. The molecule has 1 atom stereocenters. The average molecular weight is 351 g/mol. The number of benzene rings is 1. The quantitative estimate of drug-likeness (QED) is 0.738. The second-order valence-corrected chi connectivity index (χ2v) is 7.19. The summed E-state index contributed by atoms with van der Waals surface area (Å²) >= 11 is 1.69. The van der Waals surface area contributed by atoms with Gasteiger partial charge in [0, 0.05) is 17.6 Å². The van der Waals surface area contributed by atoms with Gasteiger partial charge in [0.05, 0.1) is 17.9 Å². The Bertz CT molecular complexity index is 869. The van der Waals surface area contributed by atoms with E-state index in [9.17, 15) is 4.79 Å². The van der Waals surface area contributed by atoms with Gasteiger partial charge in [-0.3, -0.25) is 0 Å². The third-order valence-electron chi connectivity index (χ3n) is 4.56. The van der Waals surface area contributed by atoms with Gasteiger partial charge in [-0.25, -0.2) is 4.79 Å². The van der Waals surface area contributed by atoms with E-state index in [0.29, 0.717) is 13.1 Å². The zero-order valence-electron chi connectivity index (χ0n) is 14.2. The molecule has 1 aromatic carbocycles. The number of urea groups is 1. The molecular formula is C20H21N3OS. The van der Waals surface area contributed by atoms with Crippen LogP contribution in [0.1, 0.15) is 35.5 Å². The Hall–Kier alpha value is -2.53. The van der Waals surface area contributed by atoms with Crippen LogP contribution >= 0.6 is 11.3 Å². The minimum Gasteiger partial charge on any atom is -0.338 e. The van der Waals surface area contributed by atoms with Crippen LogP contribution in [0.25, 0.3) is 5.69 Å². The van der Waals surface area contributed by atoms with E-state index in [2.05, 4.69) is 64.8 Å².